The van der Waals surface area contributed by atoms with Gasteiger partial charge in [0.25, 0.3) is 0 Å². The Balaban J connectivity index is 1.47. The molecule has 0 aliphatic heterocycles. The van der Waals surface area contributed by atoms with Crippen molar-refractivity contribution in [1.82, 2.24) is 10.2 Å². The first-order valence-electron chi connectivity index (χ1n) is 8.85. The van der Waals surface area contributed by atoms with Crippen LogP contribution in [0.4, 0.5) is 0 Å². The van der Waals surface area contributed by atoms with Gasteiger partial charge in [0.1, 0.15) is 5.76 Å². The molecule has 2 amide bonds. The molecule has 0 spiro atoms. The number of hydrogen-bond acceptors (Lipinski definition) is 5. The van der Waals surface area contributed by atoms with Gasteiger partial charge in [0.2, 0.25) is 5.76 Å². The minimum absolute atomic E-state index is 0.0277. The topological polar surface area (TPSA) is 88.8 Å². The molecule has 1 fully saturated rings. The van der Waals surface area contributed by atoms with Crippen LogP contribution < -0.4 is 5.32 Å². The third-order valence-corrected chi connectivity index (χ3v) is 5.05. The van der Waals surface area contributed by atoms with E-state index >= 15 is 0 Å². The summed E-state index contributed by atoms with van der Waals surface area (Å²) in [6, 6.07) is 10.7. The second-order valence-corrected chi connectivity index (χ2v) is 7.25. The summed E-state index contributed by atoms with van der Waals surface area (Å²) in [5.41, 5.74) is 1.18. The molecule has 1 aromatic heterocycles. The summed E-state index contributed by atoms with van der Waals surface area (Å²) in [7, 11) is 2.75. The maximum absolute atomic E-state index is 12.3. The lowest BCUT2D eigenvalue weighted by Crippen LogP contribution is -2.49. The summed E-state index contributed by atoms with van der Waals surface area (Å²) >= 11 is 5.89. The van der Waals surface area contributed by atoms with E-state index in [0.717, 1.165) is 12.8 Å². The van der Waals surface area contributed by atoms with E-state index in [1.807, 2.05) is 24.3 Å². The summed E-state index contributed by atoms with van der Waals surface area (Å²) in [5, 5.41) is 3.46. The van der Waals surface area contributed by atoms with Crippen molar-refractivity contribution >= 4 is 29.4 Å². The number of nitrogens with one attached hydrogen (secondary N) is 1. The predicted octanol–water partition coefficient (Wildman–Crippen LogP) is 2.74. The molecule has 28 heavy (non-hydrogen) atoms. The Morgan fingerprint density at radius 1 is 1.18 bits per heavy atom. The Labute approximate surface area is 167 Å². The third-order valence-electron chi connectivity index (χ3n) is 4.80. The van der Waals surface area contributed by atoms with Crippen LogP contribution in [0.3, 0.4) is 0 Å². The largest absolute Gasteiger partial charge is 0.463 e. The third kappa shape index (κ3) is 4.54. The van der Waals surface area contributed by atoms with E-state index in [9.17, 15) is 14.4 Å². The van der Waals surface area contributed by atoms with Gasteiger partial charge in [-0.2, -0.15) is 0 Å². The van der Waals surface area contributed by atoms with Crippen molar-refractivity contribution in [3.05, 3.63) is 58.5 Å². The number of likely N-dealkylation sites (N-methyl/N-ethyl adjacent to an activating group) is 1. The van der Waals surface area contributed by atoms with Crippen molar-refractivity contribution in [1.29, 1.82) is 0 Å². The molecule has 1 N–H and O–H groups in total. The second kappa shape index (κ2) is 8.48. The first kappa shape index (κ1) is 19.9. The number of carbonyl (C=O) groups excluding carboxylic acids is 3. The highest BCUT2D eigenvalue weighted by Crippen LogP contribution is 2.37. The molecule has 7 nitrogen and oxygen atoms in total. The molecule has 0 radical (unpaired) electrons. The zero-order chi connectivity index (χ0) is 20.3. The fourth-order valence-electron chi connectivity index (χ4n) is 3.14. The number of hydrogen-bond donors (Lipinski definition) is 1. The number of nitrogens with zero attached hydrogens (tertiary/aromatic N) is 1. The Kier molecular flexibility index (Phi) is 6.04. The molecular formula is C20H21ClN2O5. The molecule has 1 aliphatic carbocycles. The van der Waals surface area contributed by atoms with Crippen LogP contribution in [-0.2, 0) is 20.9 Å². The number of amides is 2. The van der Waals surface area contributed by atoms with Crippen molar-refractivity contribution in [2.24, 2.45) is 0 Å². The van der Waals surface area contributed by atoms with Gasteiger partial charge >= 0.3 is 17.8 Å². The van der Waals surface area contributed by atoms with Crippen molar-refractivity contribution in [2.45, 2.75) is 31.3 Å². The van der Waals surface area contributed by atoms with Crippen LogP contribution in [0.1, 0.15) is 40.6 Å². The maximum Gasteiger partial charge on any atom is 0.373 e. The average Bonchev–Trinajstić information content (AvgIpc) is 3.12. The molecule has 0 bridgehead atoms. The smallest absolute Gasteiger partial charge is 0.373 e. The van der Waals surface area contributed by atoms with Crippen LogP contribution >= 0.6 is 11.6 Å². The first-order chi connectivity index (χ1) is 13.4. The van der Waals surface area contributed by atoms with Crippen molar-refractivity contribution in [3.8, 4) is 0 Å². The number of methoxy groups -OCH3 is 1. The molecule has 148 valence electrons. The monoisotopic (exact) mass is 404 g/mol. The normalized spacial score (nSPS) is 18.1. The van der Waals surface area contributed by atoms with E-state index in [0.29, 0.717) is 16.7 Å². The molecule has 1 saturated carbocycles. The number of esters is 1. The fraction of sp³-hybridized carbons (Fsp3) is 0.350. The van der Waals surface area contributed by atoms with Crippen molar-refractivity contribution in [3.63, 3.8) is 0 Å². The van der Waals surface area contributed by atoms with Gasteiger partial charge in [-0.05, 0) is 48.6 Å². The van der Waals surface area contributed by atoms with Crippen LogP contribution in [0.5, 0.6) is 0 Å². The van der Waals surface area contributed by atoms with Gasteiger partial charge in [0, 0.05) is 18.1 Å². The van der Waals surface area contributed by atoms with E-state index in [1.54, 1.807) is 6.07 Å². The minimum Gasteiger partial charge on any atom is -0.463 e. The maximum atomic E-state index is 12.3. The Morgan fingerprint density at radius 2 is 1.86 bits per heavy atom. The number of rotatable bonds is 5. The Morgan fingerprint density at radius 3 is 2.50 bits per heavy atom. The summed E-state index contributed by atoms with van der Waals surface area (Å²) in [4.78, 5) is 37.1. The highest BCUT2D eigenvalue weighted by atomic mass is 35.5. The fourth-order valence-corrected chi connectivity index (χ4v) is 3.27. The zero-order valence-electron chi connectivity index (χ0n) is 15.6. The number of ether oxygens (including phenoxy) is 1. The minimum atomic E-state index is -0.661. The molecule has 0 atom stereocenters. The highest BCUT2D eigenvalue weighted by Gasteiger charge is 2.33. The van der Waals surface area contributed by atoms with Crippen LogP contribution in [0.25, 0.3) is 0 Å². The lowest BCUT2D eigenvalue weighted by molar-refractivity contribution is -0.146. The lowest BCUT2D eigenvalue weighted by atomic mass is 9.76. The molecule has 1 heterocycles. The molecular weight excluding hydrogens is 384 g/mol. The summed E-state index contributed by atoms with van der Waals surface area (Å²) in [5.74, 6) is -1.12. The van der Waals surface area contributed by atoms with Gasteiger partial charge in [-0.1, -0.05) is 23.7 Å². The van der Waals surface area contributed by atoms with E-state index < -0.39 is 17.8 Å². The average molecular weight is 405 g/mol. The highest BCUT2D eigenvalue weighted by molar-refractivity contribution is 6.35. The molecule has 1 aliphatic rings. The summed E-state index contributed by atoms with van der Waals surface area (Å²) in [6.45, 7) is 0.0707. The SMILES string of the molecule is COC(=O)c1ccc(CN(C)C(=O)C(=O)NC2CC(c3ccc(Cl)cc3)C2)o1. The van der Waals surface area contributed by atoms with E-state index in [1.165, 1.54) is 30.7 Å². The predicted molar refractivity (Wildman–Crippen MR) is 102 cm³/mol. The summed E-state index contributed by atoms with van der Waals surface area (Å²) in [6.07, 6.45) is 1.57. The zero-order valence-corrected chi connectivity index (χ0v) is 16.4. The van der Waals surface area contributed by atoms with Crippen LogP contribution in [0.15, 0.2) is 40.8 Å². The van der Waals surface area contributed by atoms with Gasteiger partial charge in [0.05, 0.1) is 13.7 Å². The van der Waals surface area contributed by atoms with Gasteiger partial charge in [-0.15, -0.1) is 0 Å². The number of halogens is 1. The number of furan rings is 1. The molecule has 1 aromatic carbocycles. The van der Waals surface area contributed by atoms with E-state index in [2.05, 4.69) is 10.1 Å². The lowest BCUT2D eigenvalue weighted by Gasteiger charge is -2.36. The standard InChI is InChI=1S/C20H21ClN2O5/c1-23(11-16-7-8-17(28-16)20(26)27-2)19(25)18(24)22-15-9-13(10-15)12-3-5-14(21)6-4-12/h3-8,13,15H,9-11H2,1-2H3,(H,22,24). The van der Waals surface area contributed by atoms with Crippen molar-refractivity contribution in [2.75, 3.05) is 14.2 Å². The Hall–Kier alpha value is -2.80. The molecule has 0 unspecified atom stereocenters. The quantitative estimate of drug-likeness (QED) is 0.611. The first-order valence-corrected chi connectivity index (χ1v) is 9.23. The number of benzene rings is 1. The van der Waals surface area contributed by atoms with Crippen LogP contribution in [0, 0.1) is 0 Å². The number of carbonyl (C=O) groups is 3. The molecule has 2 aromatic rings. The van der Waals surface area contributed by atoms with Crippen LogP contribution in [-0.4, -0.2) is 42.9 Å². The van der Waals surface area contributed by atoms with Gasteiger partial charge < -0.3 is 19.4 Å². The van der Waals surface area contributed by atoms with Crippen molar-refractivity contribution < 1.29 is 23.5 Å². The van der Waals surface area contributed by atoms with Crippen LogP contribution in [0.2, 0.25) is 5.02 Å². The molecule has 0 saturated heterocycles. The Bertz CT molecular complexity index is 871. The molecule has 8 heteroatoms. The molecule has 3 rings (SSSR count). The van der Waals surface area contributed by atoms with Gasteiger partial charge in [0.15, 0.2) is 0 Å². The van der Waals surface area contributed by atoms with E-state index in [4.69, 9.17) is 16.0 Å². The summed E-state index contributed by atoms with van der Waals surface area (Å²) < 4.78 is 9.88. The van der Waals surface area contributed by atoms with Gasteiger partial charge in [-0.3, -0.25) is 9.59 Å². The van der Waals surface area contributed by atoms with Gasteiger partial charge in [-0.25, -0.2) is 4.79 Å². The van der Waals surface area contributed by atoms with E-state index in [-0.39, 0.29) is 18.3 Å². The second-order valence-electron chi connectivity index (χ2n) is 6.81.